The minimum atomic E-state index is -0.591. The Labute approximate surface area is 123 Å². The van der Waals surface area contributed by atoms with Gasteiger partial charge in [0.05, 0.1) is 12.2 Å². The lowest BCUT2D eigenvalue weighted by molar-refractivity contribution is 0.101. The first-order chi connectivity index (χ1) is 10.1. The van der Waals surface area contributed by atoms with Crippen LogP contribution in [0.4, 0.5) is 4.39 Å². The molecule has 0 saturated carbocycles. The van der Waals surface area contributed by atoms with Crippen molar-refractivity contribution < 1.29 is 18.7 Å². The number of hydrogen-bond acceptors (Lipinski definition) is 3. The Hall–Kier alpha value is -2.36. The smallest absolute Gasteiger partial charge is 0.169 e. The Morgan fingerprint density at radius 2 is 1.71 bits per heavy atom. The van der Waals surface area contributed by atoms with Crippen LogP contribution in [0.5, 0.6) is 17.2 Å². The van der Waals surface area contributed by atoms with Crippen molar-refractivity contribution in [1.29, 1.82) is 0 Å². The molecule has 110 valence electrons. The Kier molecular flexibility index (Phi) is 4.93. The molecule has 3 nitrogen and oxygen atoms in total. The first kappa shape index (κ1) is 15.0. The minimum absolute atomic E-state index is 0.0530. The van der Waals surface area contributed by atoms with E-state index in [0.717, 1.165) is 6.42 Å². The molecule has 0 spiro atoms. The van der Waals surface area contributed by atoms with Crippen molar-refractivity contribution in [3.8, 4) is 17.2 Å². The van der Waals surface area contributed by atoms with Gasteiger partial charge in [-0.15, -0.1) is 0 Å². The standard InChI is InChI=1S/C17H17FO3/c1-3-11-20-14-8-4-5-9-15(14)21-16-10-6-7-13(18)17(16)12(2)19/h4-10H,3,11H2,1-2H3. The van der Waals surface area contributed by atoms with Crippen LogP contribution >= 0.6 is 0 Å². The van der Waals surface area contributed by atoms with Crippen LogP contribution in [0, 0.1) is 5.82 Å². The average molecular weight is 288 g/mol. The lowest BCUT2D eigenvalue weighted by atomic mass is 10.1. The summed E-state index contributed by atoms with van der Waals surface area (Å²) < 4.78 is 25.1. The maximum atomic E-state index is 13.8. The van der Waals surface area contributed by atoms with Gasteiger partial charge in [0, 0.05) is 0 Å². The molecule has 0 saturated heterocycles. The van der Waals surface area contributed by atoms with Crippen LogP contribution in [0.2, 0.25) is 0 Å². The second kappa shape index (κ2) is 6.88. The summed E-state index contributed by atoms with van der Waals surface area (Å²) in [5.41, 5.74) is -0.0530. The zero-order valence-electron chi connectivity index (χ0n) is 12.1. The van der Waals surface area contributed by atoms with E-state index in [4.69, 9.17) is 9.47 Å². The summed E-state index contributed by atoms with van der Waals surface area (Å²) in [5.74, 6) is 0.245. The fourth-order valence-electron chi connectivity index (χ4n) is 1.92. The van der Waals surface area contributed by atoms with Gasteiger partial charge >= 0.3 is 0 Å². The summed E-state index contributed by atoms with van der Waals surface area (Å²) in [4.78, 5) is 11.6. The highest BCUT2D eigenvalue weighted by Crippen LogP contribution is 2.34. The van der Waals surface area contributed by atoms with E-state index in [1.807, 2.05) is 13.0 Å². The first-order valence-corrected chi connectivity index (χ1v) is 6.82. The van der Waals surface area contributed by atoms with Crippen LogP contribution in [0.15, 0.2) is 42.5 Å². The molecule has 0 aliphatic carbocycles. The molecule has 0 unspecified atom stereocenters. The lowest BCUT2D eigenvalue weighted by Crippen LogP contribution is -2.02. The zero-order chi connectivity index (χ0) is 15.2. The maximum absolute atomic E-state index is 13.8. The number of carbonyl (C=O) groups is 1. The van der Waals surface area contributed by atoms with Gasteiger partial charge in [-0.3, -0.25) is 4.79 Å². The maximum Gasteiger partial charge on any atom is 0.169 e. The molecule has 21 heavy (non-hydrogen) atoms. The number of Topliss-reactive ketones (excluding diaryl/α,β-unsaturated/α-hetero) is 1. The van der Waals surface area contributed by atoms with Gasteiger partial charge in [-0.05, 0) is 37.6 Å². The highest BCUT2D eigenvalue weighted by Gasteiger charge is 2.16. The molecule has 4 heteroatoms. The summed E-state index contributed by atoms with van der Waals surface area (Å²) in [7, 11) is 0. The number of benzene rings is 2. The van der Waals surface area contributed by atoms with Crippen LogP contribution in [-0.4, -0.2) is 12.4 Å². The van der Waals surface area contributed by atoms with Crippen molar-refractivity contribution in [1.82, 2.24) is 0 Å². The van der Waals surface area contributed by atoms with Crippen LogP contribution in [0.3, 0.4) is 0 Å². The molecule has 0 heterocycles. The molecule has 2 aromatic rings. The molecule has 0 aromatic heterocycles. The number of hydrogen-bond donors (Lipinski definition) is 0. The van der Waals surface area contributed by atoms with E-state index < -0.39 is 5.82 Å². The van der Waals surface area contributed by atoms with Crippen molar-refractivity contribution in [3.63, 3.8) is 0 Å². The van der Waals surface area contributed by atoms with E-state index >= 15 is 0 Å². The van der Waals surface area contributed by atoms with E-state index in [0.29, 0.717) is 18.1 Å². The van der Waals surface area contributed by atoms with Gasteiger partial charge in [-0.1, -0.05) is 25.1 Å². The van der Waals surface area contributed by atoms with Crippen molar-refractivity contribution in [2.24, 2.45) is 0 Å². The second-order valence-electron chi connectivity index (χ2n) is 4.57. The Bertz CT molecular complexity index is 638. The highest BCUT2D eigenvalue weighted by atomic mass is 19.1. The van der Waals surface area contributed by atoms with Crippen LogP contribution in [0.25, 0.3) is 0 Å². The lowest BCUT2D eigenvalue weighted by Gasteiger charge is -2.14. The molecule has 0 N–H and O–H groups in total. The Morgan fingerprint density at radius 1 is 1.05 bits per heavy atom. The third kappa shape index (κ3) is 3.60. The quantitative estimate of drug-likeness (QED) is 0.728. The van der Waals surface area contributed by atoms with Gasteiger partial charge in [0.25, 0.3) is 0 Å². The summed E-state index contributed by atoms with van der Waals surface area (Å²) >= 11 is 0. The fourth-order valence-corrected chi connectivity index (χ4v) is 1.92. The summed E-state index contributed by atoms with van der Waals surface area (Å²) in [6, 6.07) is 11.4. The number of halogens is 1. The summed E-state index contributed by atoms with van der Waals surface area (Å²) in [6.07, 6.45) is 0.868. The number of rotatable bonds is 6. The van der Waals surface area contributed by atoms with Gasteiger partial charge in [-0.2, -0.15) is 0 Å². The van der Waals surface area contributed by atoms with Crippen LogP contribution in [-0.2, 0) is 0 Å². The zero-order valence-corrected chi connectivity index (χ0v) is 12.1. The largest absolute Gasteiger partial charge is 0.490 e. The number of ketones is 1. The van der Waals surface area contributed by atoms with E-state index in [9.17, 15) is 9.18 Å². The highest BCUT2D eigenvalue weighted by molar-refractivity contribution is 5.97. The van der Waals surface area contributed by atoms with Gasteiger partial charge in [0.2, 0.25) is 0 Å². The van der Waals surface area contributed by atoms with Crippen molar-refractivity contribution >= 4 is 5.78 Å². The molecular weight excluding hydrogens is 271 g/mol. The SMILES string of the molecule is CCCOc1ccccc1Oc1cccc(F)c1C(C)=O. The topological polar surface area (TPSA) is 35.5 Å². The van der Waals surface area contributed by atoms with Crippen molar-refractivity contribution in [3.05, 3.63) is 53.8 Å². The second-order valence-corrected chi connectivity index (χ2v) is 4.57. The molecule has 0 atom stereocenters. The molecule has 0 radical (unpaired) electrons. The van der Waals surface area contributed by atoms with Crippen LogP contribution < -0.4 is 9.47 Å². The number of ether oxygens (including phenoxy) is 2. The van der Waals surface area contributed by atoms with Gasteiger partial charge in [0.1, 0.15) is 11.6 Å². The average Bonchev–Trinajstić information content (AvgIpc) is 2.46. The third-order valence-corrected chi connectivity index (χ3v) is 2.86. The molecule has 0 fully saturated rings. The Morgan fingerprint density at radius 3 is 2.38 bits per heavy atom. The van der Waals surface area contributed by atoms with Gasteiger partial charge < -0.3 is 9.47 Å². The molecular formula is C17H17FO3. The van der Waals surface area contributed by atoms with Crippen molar-refractivity contribution in [2.75, 3.05) is 6.61 Å². The molecule has 0 aliphatic rings. The number of para-hydroxylation sites is 2. The molecule has 2 aromatic carbocycles. The van der Waals surface area contributed by atoms with Crippen molar-refractivity contribution in [2.45, 2.75) is 20.3 Å². The molecule has 0 bridgehead atoms. The molecule has 0 amide bonds. The Balaban J connectivity index is 2.35. The number of carbonyl (C=O) groups excluding carboxylic acids is 1. The van der Waals surface area contributed by atoms with E-state index in [1.165, 1.54) is 19.1 Å². The molecule has 0 aliphatic heterocycles. The van der Waals surface area contributed by atoms with Gasteiger partial charge in [-0.25, -0.2) is 4.39 Å². The van der Waals surface area contributed by atoms with E-state index in [1.54, 1.807) is 24.3 Å². The van der Waals surface area contributed by atoms with E-state index in [-0.39, 0.29) is 17.1 Å². The molecule has 2 rings (SSSR count). The predicted molar refractivity (Wildman–Crippen MR) is 78.7 cm³/mol. The minimum Gasteiger partial charge on any atom is -0.490 e. The predicted octanol–water partition coefficient (Wildman–Crippen LogP) is 4.61. The fraction of sp³-hybridized carbons (Fsp3) is 0.235. The van der Waals surface area contributed by atoms with E-state index in [2.05, 4.69) is 0 Å². The monoisotopic (exact) mass is 288 g/mol. The third-order valence-electron chi connectivity index (χ3n) is 2.86. The summed E-state index contributed by atoms with van der Waals surface area (Å²) in [5, 5.41) is 0. The normalized spacial score (nSPS) is 10.2. The summed E-state index contributed by atoms with van der Waals surface area (Å²) in [6.45, 7) is 3.87. The first-order valence-electron chi connectivity index (χ1n) is 6.82. The van der Waals surface area contributed by atoms with Crippen LogP contribution in [0.1, 0.15) is 30.6 Å². The van der Waals surface area contributed by atoms with Gasteiger partial charge in [0.15, 0.2) is 17.3 Å².